The topological polar surface area (TPSA) is 118 Å². The number of alkyl halides is 2. The van der Waals surface area contributed by atoms with Gasteiger partial charge in [0.1, 0.15) is 26.6 Å². The Morgan fingerprint density at radius 2 is 1.87 bits per heavy atom. The summed E-state index contributed by atoms with van der Waals surface area (Å²) in [6.07, 6.45) is -2.94. The van der Waals surface area contributed by atoms with E-state index in [0.29, 0.717) is 0 Å². The summed E-state index contributed by atoms with van der Waals surface area (Å²) in [6.45, 7) is 4.51. The van der Waals surface area contributed by atoms with E-state index in [1.54, 1.807) is 6.92 Å². The summed E-state index contributed by atoms with van der Waals surface area (Å²) >= 11 is 0. The number of carbonyl (C=O) groups is 1. The zero-order chi connectivity index (χ0) is 28.3. The van der Waals surface area contributed by atoms with Crippen LogP contribution < -0.4 is 16.6 Å². The first-order chi connectivity index (χ1) is 17.8. The number of aromatic nitrogens is 2. The molecule has 210 valence electrons. The molecule has 2 aromatic rings. The van der Waals surface area contributed by atoms with E-state index in [-0.39, 0.29) is 18.9 Å². The van der Waals surface area contributed by atoms with Crippen molar-refractivity contribution in [1.82, 2.24) is 14.5 Å². The molecule has 0 spiro atoms. The lowest BCUT2D eigenvalue weighted by molar-refractivity contribution is -0.131. The maximum Gasteiger partial charge on any atom is 0.335 e. The van der Waals surface area contributed by atoms with E-state index in [4.69, 9.17) is 14.2 Å². The van der Waals surface area contributed by atoms with E-state index in [2.05, 4.69) is 5.32 Å². The van der Waals surface area contributed by atoms with Crippen LogP contribution in [0.3, 0.4) is 0 Å². The minimum atomic E-state index is -3.81. The molecule has 38 heavy (non-hydrogen) atoms. The number of carbonyl (C=O) groups excluding carboxylic acids is 1. The maximum absolute atomic E-state index is 14.7. The van der Waals surface area contributed by atoms with Crippen LogP contribution in [0.15, 0.2) is 46.1 Å². The smallest absolute Gasteiger partial charge is 0.335 e. The number of halogens is 2. The molecule has 0 aliphatic carbocycles. The average molecular weight is 558 g/mol. The monoisotopic (exact) mass is 557 g/mol. The summed E-state index contributed by atoms with van der Waals surface area (Å²) in [7, 11) is -2.40. The fourth-order valence-corrected chi connectivity index (χ4v) is 4.75. The highest BCUT2D eigenvalue weighted by Crippen LogP contribution is 2.57. The number of rotatable bonds is 11. The molecule has 1 amide bonds. The third-order valence-electron chi connectivity index (χ3n) is 6.59. The Hall–Kier alpha value is -2.66. The first kappa shape index (κ1) is 29.9. The second-order valence-electron chi connectivity index (χ2n) is 9.79. The number of hydrogen-bond acceptors (Lipinski definition) is 7. The minimum absolute atomic E-state index is 0.154. The molecule has 0 radical (unpaired) electrons. The van der Waals surface area contributed by atoms with Crippen molar-refractivity contribution in [2.24, 2.45) is 5.92 Å². The Bertz CT molecular complexity index is 1290. The largest absolute Gasteiger partial charge is 0.363 e. The van der Waals surface area contributed by atoms with Gasteiger partial charge in [-0.3, -0.25) is 14.2 Å². The Kier molecular flexibility index (Phi) is 9.46. The molecule has 0 bridgehead atoms. The van der Waals surface area contributed by atoms with Crippen molar-refractivity contribution in [1.29, 1.82) is 0 Å². The van der Waals surface area contributed by atoms with Crippen molar-refractivity contribution in [2.75, 3.05) is 27.0 Å². The van der Waals surface area contributed by atoms with Crippen molar-refractivity contribution in [3.05, 3.63) is 68.5 Å². The fraction of sp³-hybridized carbons (Fsp3) is 0.560. The highest BCUT2D eigenvalue weighted by atomic mass is 31.2. The molecule has 1 aliphatic heterocycles. The van der Waals surface area contributed by atoms with Gasteiger partial charge in [0, 0.05) is 31.1 Å². The van der Waals surface area contributed by atoms with Gasteiger partial charge in [0.15, 0.2) is 6.23 Å². The van der Waals surface area contributed by atoms with Gasteiger partial charge >= 0.3 is 5.69 Å². The first-order valence-electron chi connectivity index (χ1n) is 12.1. The number of ether oxygens (including phenoxy) is 3. The van der Waals surface area contributed by atoms with Crippen LogP contribution in [0, 0.1) is 12.8 Å². The zero-order valence-corrected chi connectivity index (χ0v) is 23.0. The summed E-state index contributed by atoms with van der Waals surface area (Å²) in [5.74, 6) is -1.16. The van der Waals surface area contributed by atoms with Crippen LogP contribution in [0.25, 0.3) is 0 Å². The summed E-state index contributed by atoms with van der Waals surface area (Å²) in [5, 5.41) is 2.41. The zero-order valence-electron chi connectivity index (χ0n) is 22.1. The molecule has 3 rings (SSSR count). The van der Waals surface area contributed by atoms with Crippen LogP contribution in [0.5, 0.6) is 0 Å². The molecule has 1 aromatic heterocycles. The van der Waals surface area contributed by atoms with Crippen molar-refractivity contribution >= 4 is 13.0 Å². The van der Waals surface area contributed by atoms with E-state index >= 15 is 0 Å². The highest BCUT2D eigenvalue weighted by molar-refractivity contribution is 7.63. The van der Waals surface area contributed by atoms with Gasteiger partial charge in [-0.25, -0.2) is 9.36 Å². The fourth-order valence-electron chi connectivity index (χ4n) is 4.13. The predicted molar refractivity (Wildman–Crippen MR) is 137 cm³/mol. The van der Waals surface area contributed by atoms with Gasteiger partial charge in [-0.15, -0.1) is 0 Å². The quantitative estimate of drug-likeness (QED) is 0.422. The molecule has 4 atom stereocenters. The maximum atomic E-state index is 14.7. The van der Waals surface area contributed by atoms with E-state index in [1.807, 2.05) is 30.3 Å². The molecule has 1 aliphatic rings. The predicted octanol–water partition coefficient (Wildman–Crippen LogP) is 2.76. The van der Waals surface area contributed by atoms with Gasteiger partial charge in [0.05, 0.1) is 12.7 Å². The molecule has 2 heterocycles. The van der Waals surface area contributed by atoms with Crippen LogP contribution >= 0.6 is 7.14 Å². The van der Waals surface area contributed by atoms with Gasteiger partial charge in [0.25, 0.3) is 11.2 Å². The summed E-state index contributed by atoms with van der Waals surface area (Å²) in [4.78, 5) is 38.0. The second-order valence-corrected chi connectivity index (χ2v) is 13.1. The SMILES string of the molecule is CNC(=O)CO[C@@H]1[C@H](C)[C@@H](CC(F)(F)P(C)(C)=O)O[C@H]1n1cc(C)c(=O)n(COCc2ccccc2)c1=O. The summed E-state index contributed by atoms with van der Waals surface area (Å²) in [6, 6.07) is 9.18. The van der Waals surface area contributed by atoms with Crippen molar-refractivity contribution in [2.45, 2.75) is 57.7 Å². The van der Waals surface area contributed by atoms with Gasteiger partial charge in [-0.1, -0.05) is 37.3 Å². The molecule has 1 saturated heterocycles. The first-order valence-corrected chi connectivity index (χ1v) is 14.7. The van der Waals surface area contributed by atoms with Gasteiger partial charge in [-0.2, -0.15) is 8.78 Å². The molecule has 0 unspecified atom stereocenters. The van der Waals surface area contributed by atoms with Gasteiger partial charge in [0.2, 0.25) is 5.91 Å². The van der Waals surface area contributed by atoms with Crippen LogP contribution in [0.4, 0.5) is 8.78 Å². The number of benzene rings is 1. The van der Waals surface area contributed by atoms with Crippen LogP contribution in [0.2, 0.25) is 0 Å². The Morgan fingerprint density at radius 3 is 2.47 bits per heavy atom. The lowest BCUT2D eigenvalue weighted by Crippen LogP contribution is -2.45. The number of likely N-dealkylation sites (N-methyl/N-ethyl adjacent to an activating group) is 1. The van der Waals surface area contributed by atoms with Crippen LogP contribution in [-0.4, -0.2) is 59.9 Å². The van der Waals surface area contributed by atoms with Crippen LogP contribution in [0.1, 0.15) is 30.7 Å². The average Bonchev–Trinajstić information content (AvgIpc) is 3.15. The van der Waals surface area contributed by atoms with Crippen molar-refractivity contribution in [3.63, 3.8) is 0 Å². The Labute approximate surface area is 219 Å². The standard InChI is InChI=1S/C25H34F2N3O7P/c1-16-12-29(24(33)30(22(16)32)15-35-13-18-9-7-6-8-10-18)23-21(36-14-20(31)28-3)17(2)19(37-23)11-25(26,27)38(4,5)34/h6-10,12,17,19,21,23H,11,13-15H2,1-5H3,(H,28,31)/t17-,19-,21-,23-/m1/s1. The molecular formula is C25H34F2N3O7P. The van der Waals surface area contributed by atoms with E-state index in [0.717, 1.165) is 28.0 Å². The molecule has 1 N–H and O–H groups in total. The number of nitrogens with zero attached hydrogens (tertiary/aromatic N) is 2. The second kappa shape index (κ2) is 12.0. The van der Waals surface area contributed by atoms with E-state index in [9.17, 15) is 27.7 Å². The van der Waals surface area contributed by atoms with Gasteiger partial charge < -0.3 is 24.1 Å². The minimum Gasteiger partial charge on any atom is -0.363 e. The van der Waals surface area contributed by atoms with Gasteiger partial charge in [-0.05, 0) is 25.8 Å². The van der Waals surface area contributed by atoms with E-state index < -0.39 is 67.3 Å². The molecule has 13 heteroatoms. The molecular weight excluding hydrogens is 523 g/mol. The molecule has 1 aromatic carbocycles. The third kappa shape index (κ3) is 6.66. The van der Waals surface area contributed by atoms with Crippen molar-refractivity contribution in [3.8, 4) is 0 Å². The Balaban J connectivity index is 1.94. The molecule has 0 saturated carbocycles. The number of hydrogen-bond donors (Lipinski definition) is 1. The summed E-state index contributed by atoms with van der Waals surface area (Å²) in [5.41, 5.74) is -3.85. The third-order valence-corrected chi connectivity index (χ3v) is 8.35. The normalized spacial score (nSPS) is 22.0. The Morgan fingerprint density at radius 1 is 1.21 bits per heavy atom. The van der Waals surface area contributed by atoms with Crippen molar-refractivity contribution < 1.29 is 32.4 Å². The summed E-state index contributed by atoms with van der Waals surface area (Å²) < 4.78 is 60.9. The van der Waals surface area contributed by atoms with E-state index in [1.165, 1.54) is 20.2 Å². The lowest BCUT2D eigenvalue weighted by Gasteiger charge is -2.26. The molecule has 1 fully saturated rings. The lowest BCUT2D eigenvalue weighted by atomic mass is 9.98. The number of amides is 1. The van der Waals surface area contributed by atoms with Crippen LogP contribution in [-0.2, 0) is 36.9 Å². The highest BCUT2D eigenvalue weighted by Gasteiger charge is 2.52. The molecule has 10 nitrogen and oxygen atoms in total. The number of aryl methyl sites for hydroxylation is 1. The number of nitrogens with one attached hydrogen (secondary N) is 1.